The zero-order chi connectivity index (χ0) is 13.9. The molecule has 0 unspecified atom stereocenters. The van der Waals surface area contributed by atoms with Gasteiger partial charge in [-0.3, -0.25) is 4.79 Å². The van der Waals surface area contributed by atoms with Crippen LogP contribution in [0.2, 0.25) is 0 Å². The van der Waals surface area contributed by atoms with Crippen molar-refractivity contribution in [3.8, 4) is 5.75 Å². The summed E-state index contributed by atoms with van der Waals surface area (Å²) in [5, 5.41) is 13.8. The smallest absolute Gasteiger partial charge is 0.286 e. The first kappa shape index (κ1) is 13.2. The summed E-state index contributed by atoms with van der Waals surface area (Å²) in [7, 11) is 0. The summed E-state index contributed by atoms with van der Waals surface area (Å²) in [5.74, 6) is -0.0594. The number of thioether (sulfide) groups is 1. The van der Waals surface area contributed by atoms with Crippen LogP contribution in [0, 0.1) is 0 Å². The second kappa shape index (κ2) is 5.68. The largest absolute Gasteiger partial charge is 0.507 e. The lowest BCUT2D eigenvalue weighted by molar-refractivity contribution is -0.113. The van der Waals surface area contributed by atoms with E-state index < -0.39 is 0 Å². The average Bonchev–Trinajstić information content (AvgIpc) is 2.84. The molecule has 104 valence electrons. The van der Waals surface area contributed by atoms with Crippen molar-refractivity contribution < 1.29 is 9.90 Å². The maximum Gasteiger partial charge on any atom is 0.286 e. The molecule has 1 aromatic rings. The van der Waals surface area contributed by atoms with E-state index >= 15 is 0 Å². The Balaban J connectivity index is 1.78. The van der Waals surface area contributed by atoms with E-state index in [2.05, 4.69) is 15.2 Å². The van der Waals surface area contributed by atoms with Crippen molar-refractivity contribution in [2.24, 2.45) is 4.99 Å². The third-order valence-electron chi connectivity index (χ3n) is 3.22. The topological polar surface area (TPSA) is 64.9 Å². The van der Waals surface area contributed by atoms with Crippen LogP contribution in [0.25, 0.3) is 6.08 Å². The quantitative estimate of drug-likeness (QED) is 0.762. The van der Waals surface area contributed by atoms with Gasteiger partial charge in [0.25, 0.3) is 5.91 Å². The third-order valence-corrected chi connectivity index (χ3v) is 4.26. The van der Waals surface area contributed by atoms with E-state index in [0.29, 0.717) is 10.5 Å². The Morgan fingerprint density at radius 1 is 1.30 bits per heavy atom. The number of nitrogens with zero attached hydrogens (tertiary/aromatic N) is 2. The van der Waals surface area contributed by atoms with Crippen molar-refractivity contribution >= 4 is 28.9 Å². The molecule has 2 heterocycles. The number of carbonyl (C=O) groups is 1. The van der Waals surface area contributed by atoms with Gasteiger partial charge in [0.05, 0.1) is 4.91 Å². The van der Waals surface area contributed by atoms with Gasteiger partial charge in [-0.05, 0) is 23.9 Å². The number of amides is 1. The molecule has 20 heavy (non-hydrogen) atoms. The summed E-state index contributed by atoms with van der Waals surface area (Å²) in [4.78, 5) is 18.7. The summed E-state index contributed by atoms with van der Waals surface area (Å²) >= 11 is 1.38. The van der Waals surface area contributed by atoms with E-state index in [-0.39, 0.29) is 11.7 Å². The molecule has 0 aromatic heterocycles. The van der Waals surface area contributed by atoms with Gasteiger partial charge in [-0.1, -0.05) is 18.2 Å². The SMILES string of the molecule is O=C1N=C(N2CCNCC2)S/C1=C/c1ccccc1O. The number of nitrogens with one attached hydrogen (secondary N) is 1. The zero-order valence-corrected chi connectivity index (χ0v) is 11.7. The van der Waals surface area contributed by atoms with Crippen molar-refractivity contribution in [3.63, 3.8) is 0 Å². The summed E-state index contributed by atoms with van der Waals surface area (Å²) in [6.07, 6.45) is 1.70. The fraction of sp³-hybridized carbons (Fsp3) is 0.286. The van der Waals surface area contributed by atoms with Gasteiger partial charge in [0.2, 0.25) is 0 Å². The fourth-order valence-corrected chi connectivity index (χ4v) is 3.10. The van der Waals surface area contributed by atoms with Gasteiger partial charge in [-0.25, -0.2) is 0 Å². The second-order valence-corrected chi connectivity index (χ2v) is 5.62. The second-order valence-electron chi connectivity index (χ2n) is 4.61. The number of phenols is 1. The van der Waals surface area contributed by atoms with Crippen LogP contribution in [0.1, 0.15) is 5.56 Å². The highest BCUT2D eigenvalue weighted by atomic mass is 32.2. The lowest BCUT2D eigenvalue weighted by atomic mass is 10.2. The Morgan fingerprint density at radius 2 is 2.05 bits per heavy atom. The van der Waals surface area contributed by atoms with E-state index in [4.69, 9.17) is 0 Å². The maximum atomic E-state index is 11.9. The van der Waals surface area contributed by atoms with Crippen molar-refractivity contribution in [3.05, 3.63) is 34.7 Å². The van der Waals surface area contributed by atoms with E-state index in [9.17, 15) is 9.90 Å². The molecular weight excluding hydrogens is 274 g/mol. The molecule has 1 fully saturated rings. The van der Waals surface area contributed by atoms with Crippen molar-refractivity contribution in [2.75, 3.05) is 26.2 Å². The summed E-state index contributed by atoms with van der Waals surface area (Å²) < 4.78 is 0. The van der Waals surface area contributed by atoms with Crippen LogP contribution in [0.3, 0.4) is 0 Å². The number of hydrogen-bond acceptors (Lipinski definition) is 5. The molecule has 1 amide bonds. The Kier molecular flexibility index (Phi) is 3.75. The molecule has 0 radical (unpaired) electrons. The average molecular weight is 289 g/mol. The van der Waals surface area contributed by atoms with Crippen LogP contribution < -0.4 is 5.32 Å². The Bertz CT molecular complexity index is 592. The molecule has 2 aliphatic heterocycles. The number of amidine groups is 1. The van der Waals surface area contributed by atoms with Gasteiger partial charge < -0.3 is 15.3 Å². The molecule has 3 rings (SSSR count). The van der Waals surface area contributed by atoms with Gasteiger partial charge in [0.15, 0.2) is 5.17 Å². The van der Waals surface area contributed by atoms with Crippen LogP contribution in [0.5, 0.6) is 5.75 Å². The van der Waals surface area contributed by atoms with Gasteiger partial charge in [-0.15, -0.1) is 0 Å². The zero-order valence-electron chi connectivity index (χ0n) is 10.9. The molecule has 1 saturated heterocycles. The highest BCUT2D eigenvalue weighted by molar-refractivity contribution is 8.18. The van der Waals surface area contributed by atoms with Gasteiger partial charge in [-0.2, -0.15) is 4.99 Å². The number of hydrogen-bond donors (Lipinski definition) is 2. The monoisotopic (exact) mass is 289 g/mol. The molecule has 0 aliphatic carbocycles. The highest BCUT2D eigenvalue weighted by Gasteiger charge is 2.26. The van der Waals surface area contributed by atoms with Crippen LogP contribution in [-0.4, -0.2) is 47.3 Å². The van der Waals surface area contributed by atoms with Crippen LogP contribution in [-0.2, 0) is 4.79 Å². The minimum Gasteiger partial charge on any atom is -0.507 e. The van der Waals surface area contributed by atoms with Crippen molar-refractivity contribution in [1.82, 2.24) is 10.2 Å². The highest BCUT2D eigenvalue weighted by Crippen LogP contribution is 2.31. The first-order valence-corrected chi connectivity index (χ1v) is 7.32. The molecule has 2 aliphatic rings. The predicted molar refractivity (Wildman–Crippen MR) is 80.6 cm³/mol. The molecule has 0 saturated carbocycles. The van der Waals surface area contributed by atoms with Crippen LogP contribution >= 0.6 is 11.8 Å². The van der Waals surface area contributed by atoms with Crippen LogP contribution in [0.15, 0.2) is 34.2 Å². The lowest BCUT2D eigenvalue weighted by Gasteiger charge is -2.27. The molecule has 0 atom stereocenters. The third kappa shape index (κ3) is 2.71. The minimum absolute atomic E-state index is 0.170. The molecule has 5 nitrogen and oxygen atoms in total. The summed E-state index contributed by atoms with van der Waals surface area (Å²) in [6.45, 7) is 3.55. The number of benzene rings is 1. The van der Waals surface area contributed by atoms with Crippen molar-refractivity contribution in [2.45, 2.75) is 0 Å². The van der Waals surface area contributed by atoms with Crippen LogP contribution in [0.4, 0.5) is 0 Å². The molecule has 0 spiro atoms. The number of para-hydroxylation sites is 1. The standard InChI is InChI=1S/C14H15N3O2S/c18-11-4-2-1-3-10(11)9-12-13(19)16-14(20-12)17-7-5-15-6-8-17/h1-4,9,15,18H,5-8H2/b12-9+. The Hall–Kier alpha value is -1.79. The Labute approximate surface area is 121 Å². The fourth-order valence-electron chi connectivity index (χ4n) is 2.14. The van der Waals surface area contributed by atoms with E-state index in [1.807, 2.05) is 6.07 Å². The molecule has 1 aromatic carbocycles. The van der Waals surface area contributed by atoms with Gasteiger partial charge in [0.1, 0.15) is 5.75 Å². The number of phenolic OH excluding ortho intramolecular Hbond substituents is 1. The molecule has 0 bridgehead atoms. The first-order chi connectivity index (χ1) is 9.74. The van der Waals surface area contributed by atoms with Gasteiger partial charge in [0, 0.05) is 31.7 Å². The number of piperazine rings is 1. The minimum atomic E-state index is -0.230. The molecule has 6 heteroatoms. The number of rotatable bonds is 1. The van der Waals surface area contributed by atoms with E-state index in [1.165, 1.54) is 11.8 Å². The summed E-state index contributed by atoms with van der Waals surface area (Å²) in [5.41, 5.74) is 0.639. The maximum absolute atomic E-state index is 11.9. The van der Waals surface area contributed by atoms with Gasteiger partial charge >= 0.3 is 0 Å². The normalized spacial score (nSPS) is 21.4. The van der Waals surface area contributed by atoms with E-state index in [1.54, 1.807) is 24.3 Å². The number of carbonyl (C=O) groups excluding carboxylic acids is 1. The van der Waals surface area contributed by atoms with E-state index in [0.717, 1.165) is 31.3 Å². The predicted octanol–water partition coefficient (Wildman–Crippen LogP) is 1.27. The molecular formula is C14H15N3O2S. The first-order valence-electron chi connectivity index (χ1n) is 6.50. The summed E-state index contributed by atoms with van der Waals surface area (Å²) in [6, 6.07) is 6.96. The number of aliphatic imine (C=N–C) groups is 1. The number of aromatic hydroxyl groups is 1. The molecule has 2 N–H and O–H groups in total. The van der Waals surface area contributed by atoms with Crippen molar-refractivity contribution in [1.29, 1.82) is 0 Å². The Morgan fingerprint density at radius 3 is 2.80 bits per heavy atom. The lowest BCUT2D eigenvalue weighted by Crippen LogP contribution is -2.45.